The van der Waals surface area contributed by atoms with Crippen molar-refractivity contribution < 1.29 is 14.6 Å². The molecule has 1 aliphatic rings. The lowest BCUT2D eigenvalue weighted by Gasteiger charge is -2.39. The summed E-state index contributed by atoms with van der Waals surface area (Å²) in [7, 11) is 0. The first-order chi connectivity index (χ1) is 9.15. The maximum atomic E-state index is 9.39. The maximum absolute atomic E-state index is 9.39. The molecule has 1 heterocycles. The molecular formula is C15H22O3S. The van der Waals surface area contributed by atoms with Crippen LogP contribution in [0.2, 0.25) is 0 Å². The largest absolute Gasteiger partial charge is 0.491 e. The van der Waals surface area contributed by atoms with Crippen LogP contribution in [0.25, 0.3) is 0 Å². The van der Waals surface area contributed by atoms with Gasteiger partial charge in [0.05, 0.1) is 25.9 Å². The average molecular weight is 282 g/mol. The van der Waals surface area contributed by atoms with E-state index < -0.39 is 0 Å². The summed E-state index contributed by atoms with van der Waals surface area (Å²) >= 11 is 1.83. The highest BCUT2D eigenvalue weighted by Gasteiger charge is 2.37. The van der Waals surface area contributed by atoms with Crippen LogP contribution in [0.3, 0.4) is 0 Å². The van der Waals surface area contributed by atoms with E-state index in [9.17, 15) is 5.11 Å². The third kappa shape index (κ3) is 3.88. The first kappa shape index (κ1) is 14.7. The SMILES string of the molecule is CC(C)Oc1ccccc1CSCC1(CO)COC1. The Labute approximate surface area is 119 Å². The normalized spacial score (nSPS) is 17.3. The lowest BCUT2D eigenvalue weighted by Crippen LogP contribution is -2.47. The predicted octanol–water partition coefficient (Wildman–Crippen LogP) is 2.72. The Balaban J connectivity index is 1.88. The topological polar surface area (TPSA) is 38.7 Å². The van der Waals surface area contributed by atoms with Gasteiger partial charge >= 0.3 is 0 Å². The van der Waals surface area contributed by atoms with Gasteiger partial charge in [-0.1, -0.05) is 18.2 Å². The van der Waals surface area contributed by atoms with Gasteiger partial charge in [0.2, 0.25) is 0 Å². The van der Waals surface area contributed by atoms with Gasteiger partial charge in [-0.05, 0) is 19.9 Å². The highest BCUT2D eigenvalue weighted by molar-refractivity contribution is 7.98. The summed E-state index contributed by atoms with van der Waals surface area (Å²) in [5, 5.41) is 9.39. The molecule has 0 aromatic heterocycles. The monoisotopic (exact) mass is 282 g/mol. The zero-order chi connectivity index (χ0) is 13.7. The predicted molar refractivity (Wildman–Crippen MR) is 78.7 cm³/mol. The molecule has 1 aromatic carbocycles. The molecule has 1 fully saturated rings. The Morgan fingerprint density at radius 3 is 2.68 bits per heavy atom. The number of para-hydroxylation sites is 1. The molecule has 1 aliphatic heterocycles. The van der Waals surface area contributed by atoms with Crippen molar-refractivity contribution in [2.75, 3.05) is 25.6 Å². The molecule has 0 spiro atoms. The van der Waals surface area contributed by atoms with E-state index in [0.29, 0.717) is 13.2 Å². The van der Waals surface area contributed by atoms with Crippen molar-refractivity contribution >= 4 is 11.8 Å². The molecule has 0 atom stereocenters. The molecule has 1 saturated heterocycles. The maximum Gasteiger partial charge on any atom is 0.123 e. The van der Waals surface area contributed by atoms with Crippen LogP contribution in [0.4, 0.5) is 0 Å². The third-order valence-corrected chi connectivity index (χ3v) is 4.48. The number of hydrogen-bond acceptors (Lipinski definition) is 4. The summed E-state index contributed by atoms with van der Waals surface area (Å²) in [5.74, 6) is 2.80. The number of thioether (sulfide) groups is 1. The third-order valence-electron chi connectivity index (χ3n) is 3.15. The second kappa shape index (κ2) is 6.64. The van der Waals surface area contributed by atoms with Gasteiger partial charge in [0.25, 0.3) is 0 Å². The minimum atomic E-state index is -0.0154. The van der Waals surface area contributed by atoms with Crippen LogP contribution in [0.1, 0.15) is 19.4 Å². The van der Waals surface area contributed by atoms with E-state index in [-0.39, 0.29) is 18.1 Å². The van der Waals surface area contributed by atoms with E-state index in [1.165, 1.54) is 5.56 Å². The number of rotatable bonds is 7. The van der Waals surface area contributed by atoms with E-state index in [4.69, 9.17) is 9.47 Å². The van der Waals surface area contributed by atoms with Crippen molar-refractivity contribution in [1.29, 1.82) is 0 Å². The van der Waals surface area contributed by atoms with Crippen LogP contribution in [-0.4, -0.2) is 36.8 Å². The highest BCUT2D eigenvalue weighted by atomic mass is 32.2. The fraction of sp³-hybridized carbons (Fsp3) is 0.600. The summed E-state index contributed by atoms with van der Waals surface area (Å²) in [4.78, 5) is 0. The molecule has 1 N–H and O–H groups in total. The fourth-order valence-corrected chi connectivity index (χ4v) is 3.23. The van der Waals surface area contributed by atoms with Crippen LogP contribution in [0.5, 0.6) is 5.75 Å². The Kier molecular flexibility index (Phi) is 5.13. The Hall–Kier alpha value is -0.710. The number of hydrogen-bond donors (Lipinski definition) is 1. The van der Waals surface area contributed by atoms with Gasteiger partial charge in [-0.25, -0.2) is 0 Å². The Morgan fingerprint density at radius 1 is 1.37 bits per heavy atom. The van der Waals surface area contributed by atoms with Crippen LogP contribution >= 0.6 is 11.8 Å². The number of ether oxygens (including phenoxy) is 2. The zero-order valence-corrected chi connectivity index (χ0v) is 12.4. The lowest BCUT2D eigenvalue weighted by atomic mass is 9.90. The number of aliphatic hydroxyl groups excluding tert-OH is 1. The fourth-order valence-electron chi connectivity index (χ4n) is 1.98. The minimum absolute atomic E-state index is 0.0154. The van der Waals surface area contributed by atoms with Crippen LogP contribution in [-0.2, 0) is 10.5 Å². The molecule has 106 valence electrons. The summed E-state index contributed by atoms with van der Waals surface area (Å²) in [6.45, 7) is 5.65. The minimum Gasteiger partial charge on any atom is -0.491 e. The quantitative estimate of drug-likeness (QED) is 0.834. The van der Waals surface area contributed by atoms with Gasteiger partial charge in [0.15, 0.2) is 0 Å². The summed E-state index contributed by atoms with van der Waals surface area (Å²) in [6, 6.07) is 8.16. The molecule has 0 bridgehead atoms. The molecule has 0 amide bonds. The Bertz CT molecular complexity index is 397. The van der Waals surface area contributed by atoms with Crippen molar-refractivity contribution in [2.45, 2.75) is 25.7 Å². The van der Waals surface area contributed by atoms with E-state index in [0.717, 1.165) is 17.3 Å². The van der Waals surface area contributed by atoms with Crippen molar-refractivity contribution in [3.8, 4) is 5.75 Å². The van der Waals surface area contributed by atoms with Crippen LogP contribution < -0.4 is 4.74 Å². The smallest absolute Gasteiger partial charge is 0.123 e. The summed E-state index contributed by atoms with van der Waals surface area (Å²) < 4.78 is 11.0. The molecular weight excluding hydrogens is 260 g/mol. The van der Waals surface area contributed by atoms with Gasteiger partial charge < -0.3 is 14.6 Å². The van der Waals surface area contributed by atoms with Crippen molar-refractivity contribution in [1.82, 2.24) is 0 Å². The second-order valence-corrected chi connectivity index (χ2v) is 6.40. The first-order valence-electron chi connectivity index (χ1n) is 6.66. The second-order valence-electron chi connectivity index (χ2n) is 5.42. The lowest BCUT2D eigenvalue weighted by molar-refractivity contribution is -0.121. The Morgan fingerprint density at radius 2 is 2.11 bits per heavy atom. The van der Waals surface area contributed by atoms with Crippen LogP contribution in [0.15, 0.2) is 24.3 Å². The molecule has 2 rings (SSSR count). The van der Waals surface area contributed by atoms with Crippen molar-refractivity contribution in [3.05, 3.63) is 29.8 Å². The van der Waals surface area contributed by atoms with E-state index in [2.05, 4.69) is 6.07 Å². The molecule has 3 nitrogen and oxygen atoms in total. The van der Waals surface area contributed by atoms with Gasteiger partial charge in [0.1, 0.15) is 5.75 Å². The van der Waals surface area contributed by atoms with Crippen LogP contribution in [0, 0.1) is 5.41 Å². The van der Waals surface area contributed by atoms with Gasteiger partial charge in [0, 0.05) is 22.5 Å². The van der Waals surface area contributed by atoms with E-state index in [1.807, 2.05) is 43.8 Å². The molecule has 0 saturated carbocycles. The molecule has 0 aliphatic carbocycles. The van der Waals surface area contributed by atoms with Gasteiger partial charge in [-0.15, -0.1) is 0 Å². The molecule has 0 unspecified atom stereocenters. The van der Waals surface area contributed by atoms with Gasteiger partial charge in [-0.3, -0.25) is 0 Å². The molecule has 4 heteroatoms. The van der Waals surface area contributed by atoms with Crippen molar-refractivity contribution in [3.63, 3.8) is 0 Å². The molecule has 19 heavy (non-hydrogen) atoms. The summed E-state index contributed by atoms with van der Waals surface area (Å²) in [5.41, 5.74) is 1.20. The van der Waals surface area contributed by atoms with E-state index in [1.54, 1.807) is 0 Å². The zero-order valence-electron chi connectivity index (χ0n) is 11.6. The average Bonchev–Trinajstić information content (AvgIpc) is 2.34. The summed E-state index contributed by atoms with van der Waals surface area (Å²) in [6.07, 6.45) is 0.190. The number of benzene rings is 1. The first-order valence-corrected chi connectivity index (χ1v) is 7.82. The van der Waals surface area contributed by atoms with Gasteiger partial charge in [-0.2, -0.15) is 11.8 Å². The standard InChI is InChI=1S/C15H22O3S/c1-12(2)18-14-6-4-3-5-13(14)7-19-11-15(8-16)9-17-10-15/h3-6,12,16H,7-11H2,1-2H3. The molecule has 0 radical (unpaired) electrons. The van der Waals surface area contributed by atoms with E-state index >= 15 is 0 Å². The van der Waals surface area contributed by atoms with Crippen molar-refractivity contribution in [2.24, 2.45) is 5.41 Å². The number of aliphatic hydroxyl groups is 1. The molecule has 1 aromatic rings. The highest BCUT2D eigenvalue weighted by Crippen LogP contribution is 2.33.